The molecule has 2 rings (SSSR count). The first-order valence-corrected chi connectivity index (χ1v) is 6.25. The number of halogens is 1. The van der Waals surface area contributed by atoms with Crippen LogP contribution in [0.4, 0.5) is 11.6 Å². The third-order valence-electron chi connectivity index (χ3n) is 2.36. The van der Waals surface area contributed by atoms with Crippen LogP contribution in [0.2, 0.25) is 0 Å². The van der Waals surface area contributed by atoms with E-state index in [1.54, 1.807) is 30.6 Å². The summed E-state index contributed by atoms with van der Waals surface area (Å²) < 4.78 is 0.850. The summed E-state index contributed by atoms with van der Waals surface area (Å²) in [5, 5.41) is 7.08. The Labute approximate surface area is 123 Å². The molecule has 0 bridgehead atoms. The van der Waals surface area contributed by atoms with Crippen LogP contribution in [0.25, 0.3) is 0 Å². The minimum atomic E-state index is 0. The lowest BCUT2D eigenvalue weighted by molar-refractivity contribution is -0.366. The maximum atomic E-state index is 10.5. The minimum Gasteiger partial charge on any atom is -0.870 e. The number of benzene rings is 1. The van der Waals surface area contributed by atoms with Gasteiger partial charge in [0, 0.05) is 5.56 Å². The fourth-order valence-electron chi connectivity index (χ4n) is 1.39. The number of hydrogen-bond acceptors (Lipinski definition) is 6. The van der Waals surface area contributed by atoms with E-state index in [0.29, 0.717) is 11.6 Å². The van der Waals surface area contributed by atoms with Crippen molar-refractivity contribution in [1.82, 2.24) is 4.98 Å². The molecule has 0 atom stereocenters. The van der Waals surface area contributed by atoms with E-state index in [1.165, 1.54) is 0 Å². The molecule has 7 nitrogen and oxygen atoms in total. The zero-order valence-corrected chi connectivity index (χ0v) is 12.1. The van der Waals surface area contributed by atoms with Crippen molar-refractivity contribution in [3.05, 3.63) is 51.6 Å². The summed E-state index contributed by atoms with van der Waals surface area (Å²) >= 11 is 3.28. The van der Waals surface area contributed by atoms with Crippen LogP contribution in [0.3, 0.4) is 0 Å². The molecule has 0 spiro atoms. The van der Waals surface area contributed by atoms with Gasteiger partial charge in [-0.25, -0.2) is 4.98 Å². The highest BCUT2D eigenvalue weighted by Crippen LogP contribution is 2.14. The molecular formula is C12H12BrN5O2. The smallest absolute Gasteiger partial charge is 0.413 e. The van der Waals surface area contributed by atoms with Gasteiger partial charge in [0.05, 0.1) is 16.4 Å². The van der Waals surface area contributed by atoms with Crippen molar-refractivity contribution in [2.45, 2.75) is 6.92 Å². The van der Waals surface area contributed by atoms with Gasteiger partial charge in [0.1, 0.15) is 11.9 Å². The molecule has 3 N–H and O–H groups in total. The van der Waals surface area contributed by atoms with E-state index in [9.17, 15) is 4.91 Å². The van der Waals surface area contributed by atoms with E-state index in [0.717, 1.165) is 15.7 Å². The van der Waals surface area contributed by atoms with Crippen molar-refractivity contribution in [3.63, 3.8) is 0 Å². The van der Waals surface area contributed by atoms with Crippen LogP contribution in [0, 0.1) is 4.91 Å². The summed E-state index contributed by atoms with van der Waals surface area (Å²) in [7, 11) is 0. The van der Waals surface area contributed by atoms with E-state index in [1.807, 2.05) is 13.0 Å². The summed E-state index contributed by atoms with van der Waals surface area (Å²) in [6.45, 7) is 1.83. The second kappa shape index (κ2) is 7.41. The normalized spacial score (nSPS) is 10.6. The predicted molar refractivity (Wildman–Crippen MR) is 78.2 cm³/mol. The van der Waals surface area contributed by atoms with Crippen LogP contribution in [-0.2, 0) is 0 Å². The Morgan fingerprint density at radius 2 is 2.25 bits per heavy atom. The average Bonchev–Trinajstić information content (AvgIpc) is 2.46. The highest BCUT2D eigenvalue weighted by Gasteiger charge is 2.04. The van der Waals surface area contributed by atoms with Gasteiger partial charge in [-0.2, -0.15) is 5.43 Å². The summed E-state index contributed by atoms with van der Waals surface area (Å²) in [6.07, 6.45) is 3.40. The number of anilines is 1. The van der Waals surface area contributed by atoms with Crippen molar-refractivity contribution in [3.8, 4) is 0 Å². The molecule has 0 aliphatic rings. The lowest BCUT2D eigenvalue weighted by Gasteiger charge is -1.99. The van der Waals surface area contributed by atoms with Gasteiger partial charge >= 0.3 is 5.95 Å². The summed E-state index contributed by atoms with van der Waals surface area (Å²) in [6, 6.07) is 6.93. The molecule has 20 heavy (non-hydrogen) atoms. The first-order chi connectivity index (χ1) is 9.19. The maximum Gasteiger partial charge on any atom is 0.413 e. The van der Waals surface area contributed by atoms with Crippen molar-refractivity contribution >= 4 is 33.3 Å². The van der Waals surface area contributed by atoms with Crippen LogP contribution in [0.1, 0.15) is 12.5 Å². The van der Waals surface area contributed by atoms with Gasteiger partial charge in [0.15, 0.2) is 0 Å². The first kappa shape index (κ1) is 15.9. The van der Waals surface area contributed by atoms with Crippen molar-refractivity contribution < 1.29 is 10.5 Å². The lowest BCUT2D eigenvalue weighted by Crippen LogP contribution is -2.12. The number of H-pyrrole nitrogens is 1. The standard InChI is InChI=1S/C12H10BrN5O.H2O/c1-8(9-3-2-4-11(5-9)18-19)16-17-12-14-6-10(13)7-15-12;/h2-7H,1H3,(H,14,15,17);1H2/b16-8+;. The topological polar surface area (TPSA) is 111 Å². The molecule has 104 valence electrons. The van der Waals surface area contributed by atoms with Gasteiger partial charge < -0.3 is 5.48 Å². The number of rotatable bonds is 4. The molecule has 0 saturated heterocycles. The molecule has 0 saturated carbocycles. The van der Waals surface area contributed by atoms with Gasteiger partial charge in [-0.05, 0) is 40.2 Å². The molecule has 0 fully saturated rings. The predicted octanol–water partition coefficient (Wildman–Crippen LogP) is 2.72. The molecule has 0 radical (unpaired) electrons. The second-order valence-corrected chi connectivity index (χ2v) is 4.65. The zero-order valence-electron chi connectivity index (χ0n) is 10.5. The molecule has 1 heterocycles. The Morgan fingerprint density at radius 1 is 1.45 bits per heavy atom. The van der Waals surface area contributed by atoms with E-state index in [2.05, 4.69) is 41.6 Å². The van der Waals surface area contributed by atoms with Crippen molar-refractivity contribution in [2.75, 3.05) is 5.43 Å². The van der Waals surface area contributed by atoms with Crippen molar-refractivity contribution in [1.29, 1.82) is 0 Å². The molecule has 0 aliphatic heterocycles. The third-order valence-corrected chi connectivity index (χ3v) is 2.80. The van der Waals surface area contributed by atoms with E-state index < -0.39 is 0 Å². The molecular weight excluding hydrogens is 326 g/mol. The Balaban J connectivity index is 0.00000200. The summed E-state index contributed by atoms with van der Waals surface area (Å²) in [5.41, 5.74) is 4.72. The number of aromatic nitrogens is 2. The number of nitrogens with one attached hydrogen (secondary N) is 2. The Morgan fingerprint density at radius 3 is 2.90 bits per heavy atom. The van der Waals surface area contributed by atoms with E-state index in [-0.39, 0.29) is 5.48 Å². The highest BCUT2D eigenvalue weighted by atomic mass is 79.9. The molecule has 8 heteroatoms. The number of nitroso groups, excluding NO2 is 1. The molecule has 2 aromatic rings. The fraction of sp³-hybridized carbons (Fsp3) is 0.0833. The highest BCUT2D eigenvalue weighted by molar-refractivity contribution is 9.10. The number of aromatic amines is 1. The van der Waals surface area contributed by atoms with Gasteiger partial charge in [-0.1, -0.05) is 17.1 Å². The van der Waals surface area contributed by atoms with Crippen LogP contribution in [-0.4, -0.2) is 16.2 Å². The van der Waals surface area contributed by atoms with E-state index >= 15 is 0 Å². The third kappa shape index (κ3) is 4.18. The van der Waals surface area contributed by atoms with E-state index in [4.69, 9.17) is 0 Å². The Kier molecular flexibility index (Phi) is 5.88. The van der Waals surface area contributed by atoms with Crippen LogP contribution in [0.15, 0.2) is 51.4 Å². The molecule has 0 aliphatic carbocycles. The molecule has 0 amide bonds. The molecule has 0 unspecified atom stereocenters. The maximum absolute atomic E-state index is 10.5. The largest absolute Gasteiger partial charge is 0.870 e. The Bertz CT molecular complexity index is 615. The van der Waals surface area contributed by atoms with Gasteiger partial charge in [0.25, 0.3) is 0 Å². The number of nitrogens with zero attached hydrogens (tertiary/aromatic N) is 3. The number of hydrazone groups is 1. The summed E-state index contributed by atoms with van der Waals surface area (Å²) in [4.78, 5) is 17.5. The average molecular weight is 338 g/mol. The monoisotopic (exact) mass is 337 g/mol. The zero-order chi connectivity index (χ0) is 13.7. The van der Waals surface area contributed by atoms with Crippen LogP contribution < -0.4 is 10.4 Å². The van der Waals surface area contributed by atoms with Crippen LogP contribution >= 0.6 is 15.9 Å². The fourth-order valence-corrected chi connectivity index (χ4v) is 1.61. The Hall–Kier alpha value is -2.19. The van der Waals surface area contributed by atoms with Gasteiger partial charge in [-0.3, -0.25) is 0 Å². The quantitative estimate of drug-likeness (QED) is 0.525. The summed E-state index contributed by atoms with van der Waals surface area (Å²) in [5.74, 6) is 0.521. The lowest BCUT2D eigenvalue weighted by atomic mass is 10.1. The van der Waals surface area contributed by atoms with Gasteiger partial charge in [-0.15, -0.1) is 10.0 Å². The second-order valence-electron chi connectivity index (χ2n) is 3.73. The first-order valence-electron chi connectivity index (χ1n) is 5.46. The molecule has 1 aromatic carbocycles. The van der Waals surface area contributed by atoms with Crippen molar-refractivity contribution in [2.24, 2.45) is 10.3 Å². The minimum absolute atomic E-state index is 0. The molecule has 1 aromatic heterocycles. The number of hydrogen-bond donors (Lipinski definition) is 1. The van der Waals surface area contributed by atoms with Gasteiger partial charge in [0.2, 0.25) is 0 Å². The SMILES string of the molecule is C/C(=N\Nc1ncc(Br)c[nH+]1)c1cccc(N=O)c1.[OH-]. The van der Waals surface area contributed by atoms with Crippen LogP contribution in [0.5, 0.6) is 0 Å².